The Morgan fingerprint density at radius 3 is 2.83 bits per heavy atom. The minimum absolute atomic E-state index is 0.364. The van der Waals surface area contributed by atoms with Crippen LogP contribution in [0, 0.1) is 0 Å². The van der Waals surface area contributed by atoms with Crippen LogP contribution in [0.5, 0.6) is 0 Å². The minimum atomic E-state index is 0.364. The van der Waals surface area contributed by atoms with E-state index in [0.717, 1.165) is 38.8 Å². The van der Waals surface area contributed by atoms with Crippen LogP contribution in [0.15, 0.2) is 30.3 Å². The van der Waals surface area contributed by atoms with Crippen LogP contribution in [0.25, 0.3) is 0 Å². The topological polar surface area (TPSA) is 24.5 Å². The number of hydrogen-bond donors (Lipinski definition) is 1. The van der Waals surface area contributed by atoms with Gasteiger partial charge in [-0.3, -0.25) is 4.90 Å². The lowest BCUT2D eigenvalue weighted by Gasteiger charge is -2.33. The summed E-state index contributed by atoms with van der Waals surface area (Å²) in [6, 6.07) is 11.4. The lowest BCUT2D eigenvalue weighted by Crippen LogP contribution is -2.47. The summed E-state index contributed by atoms with van der Waals surface area (Å²) in [5.41, 5.74) is 1.34. The van der Waals surface area contributed by atoms with Gasteiger partial charge in [0.15, 0.2) is 0 Å². The second kappa shape index (κ2) is 5.83. The third-order valence-electron chi connectivity index (χ3n) is 3.78. The van der Waals surface area contributed by atoms with Crippen molar-refractivity contribution in [1.82, 2.24) is 10.2 Å². The summed E-state index contributed by atoms with van der Waals surface area (Å²) in [4.78, 5) is 2.60. The van der Waals surface area contributed by atoms with Crippen molar-refractivity contribution in [1.29, 1.82) is 0 Å². The zero-order valence-corrected chi connectivity index (χ0v) is 10.8. The monoisotopic (exact) mass is 246 g/mol. The highest BCUT2D eigenvalue weighted by atomic mass is 16.5. The Labute approximate surface area is 109 Å². The van der Waals surface area contributed by atoms with Crippen LogP contribution < -0.4 is 5.32 Å². The predicted molar refractivity (Wildman–Crippen MR) is 72.5 cm³/mol. The van der Waals surface area contributed by atoms with Crippen molar-refractivity contribution in [2.45, 2.75) is 31.5 Å². The Balaban J connectivity index is 1.40. The molecule has 3 heteroatoms. The number of hydrogen-bond acceptors (Lipinski definition) is 3. The first-order valence-corrected chi connectivity index (χ1v) is 7.02. The zero-order valence-electron chi connectivity index (χ0n) is 10.8. The highest BCUT2D eigenvalue weighted by molar-refractivity contribution is 5.14. The molecule has 0 amide bonds. The Morgan fingerprint density at radius 1 is 1.22 bits per heavy atom. The van der Waals surface area contributed by atoms with Gasteiger partial charge in [-0.2, -0.15) is 0 Å². The van der Waals surface area contributed by atoms with Crippen LogP contribution in [0.4, 0.5) is 0 Å². The summed E-state index contributed by atoms with van der Waals surface area (Å²) in [6.07, 6.45) is 3.15. The number of nitrogens with one attached hydrogen (secondary N) is 1. The highest BCUT2D eigenvalue weighted by Gasteiger charge is 2.32. The Bertz CT molecular complexity index is 364. The van der Waals surface area contributed by atoms with Crippen molar-refractivity contribution in [2.24, 2.45) is 0 Å². The molecule has 0 spiro atoms. The number of rotatable bonds is 5. The molecule has 2 aliphatic rings. The van der Waals surface area contributed by atoms with Crippen molar-refractivity contribution >= 4 is 0 Å². The second-order valence-corrected chi connectivity index (χ2v) is 5.34. The maximum Gasteiger partial charge on any atom is 0.0826 e. The Morgan fingerprint density at radius 2 is 2.06 bits per heavy atom. The summed E-state index contributed by atoms with van der Waals surface area (Å²) in [7, 11) is 0. The molecule has 0 radical (unpaired) electrons. The molecule has 1 saturated carbocycles. The molecule has 3 nitrogen and oxygen atoms in total. The first-order valence-electron chi connectivity index (χ1n) is 7.02. The summed E-state index contributed by atoms with van der Waals surface area (Å²) >= 11 is 0. The fraction of sp³-hybridized carbons (Fsp3) is 0.600. The van der Waals surface area contributed by atoms with Crippen molar-refractivity contribution in [3.8, 4) is 0 Å². The van der Waals surface area contributed by atoms with Gasteiger partial charge in [0.05, 0.1) is 12.7 Å². The maximum atomic E-state index is 5.82. The van der Waals surface area contributed by atoms with Crippen molar-refractivity contribution < 1.29 is 4.74 Å². The number of nitrogens with zero attached hydrogens (tertiary/aromatic N) is 1. The summed E-state index contributed by atoms with van der Waals surface area (Å²) in [5.74, 6) is 0. The van der Waals surface area contributed by atoms with Gasteiger partial charge < -0.3 is 10.1 Å². The van der Waals surface area contributed by atoms with Crippen molar-refractivity contribution in [3.05, 3.63) is 35.9 Å². The van der Waals surface area contributed by atoms with E-state index in [0.29, 0.717) is 6.10 Å². The number of benzene rings is 1. The molecule has 2 fully saturated rings. The summed E-state index contributed by atoms with van der Waals surface area (Å²) < 4.78 is 5.82. The fourth-order valence-electron chi connectivity index (χ4n) is 2.61. The maximum absolute atomic E-state index is 5.82. The third-order valence-corrected chi connectivity index (χ3v) is 3.78. The number of ether oxygens (including phenoxy) is 1. The van der Waals surface area contributed by atoms with E-state index in [2.05, 4.69) is 40.5 Å². The molecule has 1 atom stereocenters. The average molecular weight is 246 g/mol. The van der Waals surface area contributed by atoms with Gasteiger partial charge in [0, 0.05) is 32.2 Å². The smallest absolute Gasteiger partial charge is 0.0826 e. The molecular weight excluding hydrogens is 224 g/mol. The molecule has 1 N–H and O–H groups in total. The Kier molecular flexibility index (Phi) is 3.93. The van der Waals surface area contributed by atoms with Crippen LogP contribution in [0.3, 0.4) is 0 Å². The minimum Gasteiger partial charge on any atom is -0.374 e. The van der Waals surface area contributed by atoms with E-state index in [1.165, 1.54) is 18.4 Å². The average Bonchev–Trinajstić information content (AvgIpc) is 3.25. The van der Waals surface area contributed by atoms with Crippen LogP contribution in [-0.2, 0) is 11.3 Å². The fourth-order valence-corrected chi connectivity index (χ4v) is 2.61. The largest absolute Gasteiger partial charge is 0.374 e. The Hall–Kier alpha value is -0.900. The molecule has 1 aliphatic carbocycles. The molecule has 0 unspecified atom stereocenters. The molecule has 3 rings (SSSR count). The van der Waals surface area contributed by atoms with E-state index in [1.54, 1.807) is 0 Å². The van der Waals surface area contributed by atoms with Gasteiger partial charge in [0.1, 0.15) is 0 Å². The van der Waals surface area contributed by atoms with E-state index in [1.807, 2.05) is 0 Å². The standard InChI is InChI=1S/C15H22N2O/c1-2-4-13(5-3-1)10-16-11-15-12-17(8-9-18-15)14-6-7-14/h1-5,14-16H,6-12H2/t15-/m1/s1. The highest BCUT2D eigenvalue weighted by Crippen LogP contribution is 2.28. The molecule has 1 heterocycles. The first kappa shape index (κ1) is 12.2. The lowest BCUT2D eigenvalue weighted by molar-refractivity contribution is -0.0301. The zero-order chi connectivity index (χ0) is 12.2. The van der Waals surface area contributed by atoms with Gasteiger partial charge in [-0.25, -0.2) is 0 Å². The summed E-state index contributed by atoms with van der Waals surface area (Å²) in [5, 5.41) is 3.50. The lowest BCUT2D eigenvalue weighted by atomic mass is 10.2. The van der Waals surface area contributed by atoms with Gasteiger partial charge in [-0.15, -0.1) is 0 Å². The van der Waals surface area contributed by atoms with Gasteiger partial charge in [-0.05, 0) is 18.4 Å². The van der Waals surface area contributed by atoms with E-state index in [4.69, 9.17) is 4.74 Å². The molecule has 1 aromatic carbocycles. The molecule has 98 valence electrons. The molecule has 1 saturated heterocycles. The molecule has 0 aromatic heterocycles. The van der Waals surface area contributed by atoms with Crippen LogP contribution >= 0.6 is 0 Å². The quantitative estimate of drug-likeness (QED) is 0.855. The number of morpholine rings is 1. The van der Waals surface area contributed by atoms with Crippen LogP contribution in [0.2, 0.25) is 0 Å². The molecular formula is C15H22N2O. The van der Waals surface area contributed by atoms with Gasteiger partial charge in [0.25, 0.3) is 0 Å². The SMILES string of the molecule is c1ccc(CNC[C@@H]2CN(C3CC3)CCO2)cc1. The van der Waals surface area contributed by atoms with Crippen LogP contribution in [-0.4, -0.2) is 43.3 Å². The van der Waals surface area contributed by atoms with Crippen LogP contribution in [0.1, 0.15) is 18.4 Å². The molecule has 18 heavy (non-hydrogen) atoms. The van der Waals surface area contributed by atoms with E-state index < -0.39 is 0 Å². The van der Waals surface area contributed by atoms with Crippen molar-refractivity contribution in [2.75, 3.05) is 26.2 Å². The van der Waals surface area contributed by atoms with E-state index in [9.17, 15) is 0 Å². The summed E-state index contributed by atoms with van der Waals surface area (Å²) in [6.45, 7) is 5.02. The van der Waals surface area contributed by atoms with Gasteiger partial charge >= 0.3 is 0 Å². The molecule has 1 aromatic rings. The van der Waals surface area contributed by atoms with Crippen molar-refractivity contribution in [3.63, 3.8) is 0 Å². The first-order chi connectivity index (χ1) is 8.92. The molecule has 0 bridgehead atoms. The normalized spacial score (nSPS) is 25.2. The van der Waals surface area contributed by atoms with Gasteiger partial charge in [0.2, 0.25) is 0 Å². The van der Waals surface area contributed by atoms with E-state index >= 15 is 0 Å². The second-order valence-electron chi connectivity index (χ2n) is 5.34. The third kappa shape index (κ3) is 3.31. The van der Waals surface area contributed by atoms with E-state index in [-0.39, 0.29) is 0 Å². The predicted octanol–water partition coefficient (Wildman–Crippen LogP) is 1.64. The molecule has 1 aliphatic heterocycles. The van der Waals surface area contributed by atoms with Gasteiger partial charge in [-0.1, -0.05) is 30.3 Å².